The second kappa shape index (κ2) is 4.97. The van der Waals surface area contributed by atoms with Crippen LogP contribution in [0.1, 0.15) is 22.2 Å². The van der Waals surface area contributed by atoms with E-state index in [9.17, 15) is 9.59 Å². The molecule has 88 valence electrons. The third kappa shape index (κ3) is 2.44. The maximum absolute atomic E-state index is 12.0. The lowest BCUT2D eigenvalue weighted by molar-refractivity contribution is -0.141. The van der Waals surface area contributed by atoms with Crippen LogP contribution in [-0.4, -0.2) is 35.0 Å². The third-order valence-electron chi connectivity index (χ3n) is 2.35. The second-order valence-electron chi connectivity index (χ2n) is 3.49. The van der Waals surface area contributed by atoms with E-state index in [-0.39, 0.29) is 5.91 Å². The fourth-order valence-corrected chi connectivity index (χ4v) is 2.71. The van der Waals surface area contributed by atoms with E-state index in [2.05, 4.69) is 15.9 Å². The minimum atomic E-state index is -1.01. The summed E-state index contributed by atoms with van der Waals surface area (Å²) in [6.45, 7) is 3.37. The van der Waals surface area contributed by atoms with E-state index in [1.54, 1.807) is 0 Å². The molecule has 6 heteroatoms. The van der Waals surface area contributed by atoms with Crippen molar-refractivity contribution in [1.82, 2.24) is 4.90 Å². The fourth-order valence-electron chi connectivity index (χ4n) is 1.08. The van der Waals surface area contributed by atoms with Crippen LogP contribution in [0.5, 0.6) is 0 Å². The predicted molar refractivity (Wildman–Crippen MR) is 65.9 cm³/mol. The SMILES string of the molecule is Cc1csc(C(=O)N(C)C(C)C(=O)O)c1Br. The van der Waals surface area contributed by atoms with E-state index in [0.717, 1.165) is 10.0 Å². The molecule has 1 unspecified atom stereocenters. The Kier molecular flexibility index (Phi) is 4.09. The van der Waals surface area contributed by atoms with E-state index in [0.29, 0.717) is 4.88 Å². The summed E-state index contributed by atoms with van der Waals surface area (Å²) >= 11 is 4.63. The number of carbonyl (C=O) groups is 2. The van der Waals surface area contributed by atoms with Crippen LogP contribution in [0.3, 0.4) is 0 Å². The van der Waals surface area contributed by atoms with E-state index in [1.807, 2.05) is 12.3 Å². The van der Waals surface area contributed by atoms with Gasteiger partial charge in [0.05, 0.1) is 0 Å². The van der Waals surface area contributed by atoms with Crippen molar-refractivity contribution in [3.05, 3.63) is 20.3 Å². The molecule has 0 fully saturated rings. The van der Waals surface area contributed by atoms with Gasteiger partial charge in [0.25, 0.3) is 5.91 Å². The van der Waals surface area contributed by atoms with Gasteiger partial charge in [-0.25, -0.2) is 4.79 Å². The van der Waals surface area contributed by atoms with Gasteiger partial charge in [-0.05, 0) is 40.7 Å². The molecule has 1 atom stereocenters. The number of carbonyl (C=O) groups excluding carboxylic acids is 1. The van der Waals surface area contributed by atoms with E-state index < -0.39 is 12.0 Å². The molecule has 0 spiro atoms. The number of aliphatic carboxylic acids is 1. The number of amides is 1. The Balaban J connectivity index is 2.95. The number of hydrogen-bond donors (Lipinski definition) is 1. The van der Waals surface area contributed by atoms with Crippen molar-refractivity contribution in [2.75, 3.05) is 7.05 Å². The maximum Gasteiger partial charge on any atom is 0.326 e. The molecule has 0 saturated carbocycles. The molecule has 1 aromatic heterocycles. The average Bonchev–Trinajstić information content (AvgIpc) is 2.56. The fraction of sp³-hybridized carbons (Fsp3) is 0.400. The summed E-state index contributed by atoms with van der Waals surface area (Å²) < 4.78 is 0.743. The summed E-state index contributed by atoms with van der Waals surface area (Å²) in [7, 11) is 1.49. The standard InChI is InChI=1S/C10H12BrNO3S/c1-5-4-16-8(7(5)11)9(13)12(3)6(2)10(14)15/h4,6H,1-3H3,(H,14,15). The van der Waals surface area contributed by atoms with Crippen molar-refractivity contribution < 1.29 is 14.7 Å². The molecule has 4 nitrogen and oxygen atoms in total. The first-order chi connectivity index (χ1) is 7.36. The van der Waals surface area contributed by atoms with Crippen molar-refractivity contribution >= 4 is 39.1 Å². The summed E-state index contributed by atoms with van der Waals surface area (Å²) in [5.41, 5.74) is 0.977. The summed E-state index contributed by atoms with van der Waals surface area (Å²) in [5.74, 6) is -1.29. The molecular weight excluding hydrogens is 294 g/mol. The lowest BCUT2D eigenvalue weighted by Crippen LogP contribution is -2.40. The summed E-state index contributed by atoms with van der Waals surface area (Å²) in [4.78, 5) is 24.5. The van der Waals surface area contributed by atoms with Gasteiger partial charge in [-0.15, -0.1) is 11.3 Å². The van der Waals surface area contributed by atoms with Gasteiger partial charge in [0.15, 0.2) is 0 Å². The molecule has 0 aromatic carbocycles. The minimum absolute atomic E-state index is 0.278. The molecule has 0 aliphatic rings. The molecule has 0 aliphatic heterocycles. The van der Waals surface area contributed by atoms with E-state index in [4.69, 9.17) is 5.11 Å². The molecule has 1 amide bonds. The number of likely N-dealkylation sites (N-methyl/N-ethyl adjacent to an activating group) is 1. The van der Waals surface area contributed by atoms with Crippen LogP contribution in [0.15, 0.2) is 9.85 Å². The van der Waals surface area contributed by atoms with Crippen LogP contribution >= 0.6 is 27.3 Å². The largest absolute Gasteiger partial charge is 0.480 e. The van der Waals surface area contributed by atoms with Crippen LogP contribution in [-0.2, 0) is 4.79 Å². The maximum atomic E-state index is 12.0. The van der Waals surface area contributed by atoms with Gasteiger partial charge >= 0.3 is 5.97 Å². The average molecular weight is 306 g/mol. The first-order valence-electron chi connectivity index (χ1n) is 4.59. The Labute approximate surface area is 106 Å². The van der Waals surface area contributed by atoms with Crippen LogP contribution < -0.4 is 0 Å². The Morgan fingerprint density at radius 1 is 1.56 bits per heavy atom. The van der Waals surface area contributed by atoms with Crippen molar-refractivity contribution in [2.24, 2.45) is 0 Å². The number of hydrogen-bond acceptors (Lipinski definition) is 3. The topological polar surface area (TPSA) is 57.6 Å². The van der Waals surface area contributed by atoms with Crippen molar-refractivity contribution in [3.63, 3.8) is 0 Å². The quantitative estimate of drug-likeness (QED) is 0.932. The normalized spacial score (nSPS) is 12.2. The highest BCUT2D eigenvalue weighted by Crippen LogP contribution is 2.28. The van der Waals surface area contributed by atoms with E-state index in [1.165, 1.54) is 30.2 Å². The highest BCUT2D eigenvalue weighted by molar-refractivity contribution is 9.10. The number of rotatable bonds is 3. The third-order valence-corrected chi connectivity index (χ3v) is 4.72. The van der Waals surface area contributed by atoms with Gasteiger partial charge in [-0.2, -0.15) is 0 Å². The first-order valence-corrected chi connectivity index (χ1v) is 6.27. The van der Waals surface area contributed by atoms with Gasteiger partial charge < -0.3 is 10.0 Å². The van der Waals surface area contributed by atoms with Crippen LogP contribution in [0.25, 0.3) is 0 Å². The first kappa shape index (κ1) is 13.2. The molecular formula is C10H12BrNO3S. The van der Waals surface area contributed by atoms with Crippen molar-refractivity contribution in [3.8, 4) is 0 Å². The smallest absolute Gasteiger partial charge is 0.326 e. The monoisotopic (exact) mass is 305 g/mol. The molecule has 0 bridgehead atoms. The van der Waals surface area contributed by atoms with Gasteiger partial charge in [-0.1, -0.05) is 0 Å². The number of halogens is 1. The van der Waals surface area contributed by atoms with Gasteiger partial charge in [0, 0.05) is 11.5 Å². The number of aryl methyl sites for hydroxylation is 1. The molecule has 1 N–H and O–H groups in total. The zero-order valence-electron chi connectivity index (χ0n) is 9.15. The summed E-state index contributed by atoms with van der Waals surface area (Å²) in [6.07, 6.45) is 0. The molecule has 0 aliphatic carbocycles. The summed E-state index contributed by atoms with van der Waals surface area (Å²) in [5, 5.41) is 10.7. The van der Waals surface area contributed by atoms with Crippen LogP contribution in [0.2, 0.25) is 0 Å². The number of carboxylic acids is 1. The van der Waals surface area contributed by atoms with E-state index >= 15 is 0 Å². The number of thiophene rings is 1. The molecule has 16 heavy (non-hydrogen) atoms. The molecule has 0 saturated heterocycles. The predicted octanol–water partition coefficient (Wildman–Crippen LogP) is 2.36. The Morgan fingerprint density at radius 2 is 2.12 bits per heavy atom. The zero-order valence-corrected chi connectivity index (χ0v) is 11.6. The highest BCUT2D eigenvalue weighted by Gasteiger charge is 2.25. The lowest BCUT2D eigenvalue weighted by Gasteiger charge is -2.20. The molecule has 0 radical (unpaired) electrons. The minimum Gasteiger partial charge on any atom is -0.480 e. The second-order valence-corrected chi connectivity index (χ2v) is 5.16. The van der Waals surface area contributed by atoms with Crippen LogP contribution in [0.4, 0.5) is 0 Å². The van der Waals surface area contributed by atoms with Crippen molar-refractivity contribution in [1.29, 1.82) is 0 Å². The highest BCUT2D eigenvalue weighted by atomic mass is 79.9. The van der Waals surface area contributed by atoms with Gasteiger partial charge in [-0.3, -0.25) is 4.79 Å². The number of carboxylic acid groups (broad SMARTS) is 1. The van der Waals surface area contributed by atoms with Gasteiger partial charge in [0.2, 0.25) is 0 Å². The lowest BCUT2D eigenvalue weighted by atomic mass is 10.2. The molecule has 1 aromatic rings. The molecule has 1 rings (SSSR count). The Bertz CT molecular complexity index is 430. The Morgan fingerprint density at radius 3 is 2.50 bits per heavy atom. The molecule has 1 heterocycles. The van der Waals surface area contributed by atoms with Gasteiger partial charge in [0.1, 0.15) is 10.9 Å². The van der Waals surface area contributed by atoms with Crippen LogP contribution in [0, 0.1) is 6.92 Å². The number of nitrogens with zero attached hydrogens (tertiary/aromatic N) is 1. The zero-order chi connectivity index (χ0) is 12.5. The van der Waals surface area contributed by atoms with Crippen molar-refractivity contribution in [2.45, 2.75) is 19.9 Å². The Hall–Kier alpha value is -0.880. The summed E-state index contributed by atoms with van der Waals surface area (Å²) in [6, 6.07) is -0.832.